The van der Waals surface area contributed by atoms with E-state index in [4.69, 9.17) is 0 Å². The Morgan fingerprint density at radius 1 is 1.24 bits per heavy atom. The van der Waals surface area contributed by atoms with Gasteiger partial charge in [-0.3, -0.25) is 0 Å². The van der Waals surface area contributed by atoms with Crippen molar-refractivity contribution in [2.45, 2.75) is 23.0 Å². The number of para-hydroxylation sites is 1. The molecule has 0 spiro atoms. The molecule has 0 aliphatic carbocycles. The van der Waals surface area contributed by atoms with Crippen LogP contribution in [0.25, 0.3) is 10.9 Å². The summed E-state index contributed by atoms with van der Waals surface area (Å²) in [6, 6.07) is 8.56. The van der Waals surface area contributed by atoms with E-state index in [1.54, 1.807) is 0 Å². The molecule has 2 aromatic rings. The first-order chi connectivity index (χ1) is 8.33. The van der Waals surface area contributed by atoms with Crippen LogP contribution in [-0.2, 0) is 0 Å². The smallest absolute Gasteiger partial charge is 0.0465 e. The quantitative estimate of drug-likeness (QED) is 0.876. The Bertz CT molecular complexity index is 498. The number of likely N-dealkylation sites (tertiary alicyclic amines) is 1. The van der Waals surface area contributed by atoms with Crippen molar-refractivity contribution in [2.24, 2.45) is 0 Å². The number of fused-ring (bicyclic) bond motifs is 1. The Labute approximate surface area is 106 Å². The fourth-order valence-electron chi connectivity index (χ4n) is 2.42. The SMILES string of the molecule is CN1CCC(Sc2c[nH]c3ccccc23)CC1. The fourth-order valence-corrected chi connectivity index (χ4v) is 3.66. The van der Waals surface area contributed by atoms with Crippen molar-refractivity contribution in [3.05, 3.63) is 30.5 Å². The highest BCUT2D eigenvalue weighted by Crippen LogP contribution is 2.34. The second-order valence-corrected chi connectivity index (χ2v) is 6.16. The van der Waals surface area contributed by atoms with Crippen molar-refractivity contribution in [1.82, 2.24) is 9.88 Å². The van der Waals surface area contributed by atoms with Gasteiger partial charge in [-0.25, -0.2) is 0 Å². The Balaban J connectivity index is 1.76. The maximum atomic E-state index is 3.36. The summed E-state index contributed by atoms with van der Waals surface area (Å²) in [6.45, 7) is 2.47. The molecule has 0 saturated carbocycles. The summed E-state index contributed by atoms with van der Waals surface area (Å²) in [7, 11) is 2.21. The molecule has 2 nitrogen and oxygen atoms in total. The van der Waals surface area contributed by atoms with E-state index in [-0.39, 0.29) is 0 Å². The van der Waals surface area contributed by atoms with Crippen LogP contribution in [-0.4, -0.2) is 35.3 Å². The van der Waals surface area contributed by atoms with Crippen LogP contribution in [0.3, 0.4) is 0 Å². The van der Waals surface area contributed by atoms with E-state index in [0.717, 1.165) is 5.25 Å². The number of hydrogen-bond donors (Lipinski definition) is 1. The first-order valence-corrected chi connectivity index (χ1v) is 7.12. The molecule has 0 bridgehead atoms. The highest BCUT2D eigenvalue weighted by molar-refractivity contribution is 8.00. The van der Waals surface area contributed by atoms with Crippen LogP contribution in [0.2, 0.25) is 0 Å². The third kappa shape index (κ3) is 2.35. The average molecular weight is 246 g/mol. The standard InChI is InChI=1S/C14H18N2S/c1-16-8-6-11(7-9-16)17-14-10-15-13-5-3-2-4-12(13)14/h2-5,10-11,15H,6-9H2,1H3. The number of benzene rings is 1. The van der Waals surface area contributed by atoms with Crippen LogP contribution in [0.4, 0.5) is 0 Å². The van der Waals surface area contributed by atoms with Crippen molar-refractivity contribution in [1.29, 1.82) is 0 Å². The summed E-state index contributed by atoms with van der Waals surface area (Å²) >= 11 is 2.04. The highest BCUT2D eigenvalue weighted by Gasteiger charge is 2.18. The second kappa shape index (κ2) is 4.75. The van der Waals surface area contributed by atoms with Gasteiger partial charge in [0, 0.05) is 27.2 Å². The molecule has 1 fully saturated rings. The third-order valence-electron chi connectivity index (χ3n) is 3.51. The monoisotopic (exact) mass is 246 g/mol. The molecule has 1 aromatic heterocycles. The number of piperidine rings is 1. The molecule has 2 heterocycles. The molecule has 1 N–H and O–H groups in total. The van der Waals surface area contributed by atoms with Gasteiger partial charge in [0.1, 0.15) is 0 Å². The normalized spacial score (nSPS) is 18.9. The van der Waals surface area contributed by atoms with Crippen LogP contribution in [0.15, 0.2) is 35.4 Å². The van der Waals surface area contributed by atoms with Crippen molar-refractivity contribution in [3.63, 3.8) is 0 Å². The molecule has 1 saturated heterocycles. The average Bonchev–Trinajstić information content (AvgIpc) is 2.76. The van der Waals surface area contributed by atoms with Gasteiger partial charge in [0.25, 0.3) is 0 Å². The number of nitrogens with zero attached hydrogens (tertiary/aromatic N) is 1. The number of rotatable bonds is 2. The topological polar surface area (TPSA) is 19.0 Å². The molecule has 1 aromatic carbocycles. The van der Waals surface area contributed by atoms with E-state index in [1.807, 2.05) is 11.8 Å². The molecule has 3 rings (SSSR count). The lowest BCUT2D eigenvalue weighted by molar-refractivity contribution is 0.282. The van der Waals surface area contributed by atoms with Crippen LogP contribution in [0, 0.1) is 0 Å². The van der Waals surface area contributed by atoms with Gasteiger partial charge in [-0.15, -0.1) is 11.8 Å². The number of aromatic nitrogens is 1. The van der Waals surface area contributed by atoms with E-state index in [0.29, 0.717) is 0 Å². The van der Waals surface area contributed by atoms with Crippen LogP contribution in [0.1, 0.15) is 12.8 Å². The molecule has 0 unspecified atom stereocenters. The van der Waals surface area contributed by atoms with Gasteiger partial charge in [0.2, 0.25) is 0 Å². The van der Waals surface area contributed by atoms with Crippen LogP contribution >= 0.6 is 11.8 Å². The lowest BCUT2D eigenvalue weighted by Gasteiger charge is -2.28. The fraction of sp³-hybridized carbons (Fsp3) is 0.429. The van der Waals surface area contributed by atoms with Crippen LogP contribution < -0.4 is 0 Å². The largest absolute Gasteiger partial charge is 0.360 e. The minimum atomic E-state index is 0.783. The van der Waals surface area contributed by atoms with Gasteiger partial charge in [0.05, 0.1) is 0 Å². The summed E-state index contributed by atoms with van der Waals surface area (Å²) in [4.78, 5) is 7.19. The van der Waals surface area contributed by atoms with E-state index >= 15 is 0 Å². The lowest BCUT2D eigenvalue weighted by atomic mass is 10.1. The molecule has 0 radical (unpaired) electrons. The molecule has 0 amide bonds. The molecule has 90 valence electrons. The zero-order valence-electron chi connectivity index (χ0n) is 10.1. The number of H-pyrrole nitrogens is 1. The molecule has 3 heteroatoms. The van der Waals surface area contributed by atoms with Crippen molar-refractivity contribution in [2.75, 3.05) is 20.1 Å². The molecule has 17 heavy (non-hydrogen) atoms. The Morgan fingerprint density at radius 2 is 2.00 bits per heavy atom. The zero-order valence-corrected chi connectivity index (χ0v) is 11.0. The predicted molar refractivity (Wildman–Crippen MR) is 74.7 cm³/mol. The summed E-state index contributed by atoms with van der Waals surface area (Å²) < 4.78 is 0. The minimum absolute atomic E-state index is 0.783. The third-order valence-corrected chi connectivity index (χ3v) is 4.91. The lowest BCUT2D eigenvalue weighted by Crippen LogP contribution is -2.31. The summed E-state index contributed by atoms with van der Waals surface area (Å²) in [5.41, 5.74) is 1.25. The number of aromatic amines is 1. The minimum Gasteiger partial charge on any atom is -0.360 e. The summed E-state index contributed by atoms with van der Waals surface area (Å²) in [5.74, 6) is 0. The number of hydrogen-bond acceptors (Lipinski definition) is 2. The highest BCUT2D eigenvalue weighted by atomic mass is 32.2. The van der Waals surface area contributed by atoms with Gasteiger partial charge in [-0.1, -0.05) is 18.2 Å². The first-order valence-electron chi connectivity index (χ1n) is 6.24. The molecule has 1 aliphatic rings. The van der Waals surface area contributed by atoms with Gasteiger partial charge in [-0.05, 0) is 39.0 Å². The molecule has 0 atom stereocenters. The maximum absolute atomic E-state index is 3.36. The summed E-state index contributed by atoms with van der Waals surface area (Å²) in [5, 5.41) is 2.15. The van der Waals surface area contributed by atoms with E-state index < -0.39 is 0 Å². The molecule has 1 aliphatic heterocycles. The van der Waals surface area contributed by atoms with Crippen molar-refractivity contribution >= 4 is 22.7 Å². The predicted octanol–water partition coefficient (Wildman–Crippen LogP) is 3.35. The Hall–Kier alpha value is -0.930. The maximum Gasteiger partial charge on any atom is 0.0465 e. The van der Waals surface area contributed by atoms with E-state index in [9.17, 15) is 0 Å². The molecular weight excluding hydrogens is 228 g/mol. The Kier molecular flexibility index (Phi) is 3.12. The van der Waals surface area contributed by atoms with E-state index in [2.05, 4.69) is 47.4 Å². The van der Waals surface area contributed by atoms with Gasteiger partial charge in [0.15, 0.2) is 0 Å². The van der Waals surface area contributed by atoms with Crippen LogP contribution in [0.5, 0.6) is 0 Å². The van der Waals surface area contributed by atoms with Crippen molar-refractivity contribution in [3.8, 4) is 0 Å². The summed E-state index contributed by atoms with van der Waals surface area (Å²) in [6.07, 6.45) is 4.77. The number of nitrogens with one attached hydrogen (secondary N) is 1. The zero-order chi connectivity index (χ0) is 11.7. The van der Waals surface area contributed by atoms with E-state index in [1.165, 1.54) is 41.7 Å². The second-order valence-electron chi connectivity index (χ2n) is 4.82. The Morgan fingerprint density at radius 3 is 2.82 bits per heavy atom. The number of thioether (sulfide) groups is 1. The van der Waals surface area contributed by atoms with Crippen molar-refractivity contribution < 1.29 is 0 Å². The molecular formula is C14H18N2S. The first kappa shape index (κ1) is 11.2. The van der Waals surface area contributed by atoms with Gasteiger partial charge < -0.3 is 9.88 Å². The van der Waals surface area contributed by atoms with Gasteiger partial charge in [-0.2, -0.15) is 0 Å². The van der Waals surface area contributed by atoms with Gasteiger partial charge >= 0.3 is 0 Å².